The van der Waals surface area contributed by atoms with Crippen LogP contribution in [0, 0.1) is 4.77 Å². The molecule has 0 saturated heterocycles. The number of rotatable bonds is 4. The molecule has 0 aliphatic rings. The van der Waals surface area contributed by atoms with Crippen molar-refractivity contribution >= 4 is 18.2 Å². The van der Waals surface area contributed by atoms with E-state index in [-0.39, 0.29) is 0 Å². The second-order valence-corrected chi connectivity index (χ2v) is 3.00. The van der Waals surface area contributed by atoms with Gasteiger partial charge in [0, 0.05) is 13.1 Å². The molecule has 1 N–H and O–H groups in total. The monoisotopic (exact) mass is 214 g/mol. The smallest absolute Gasteiger partial charge is 0.298 e. The van der Waals surface area contributed by atoms with Gasteiger partial charge in [0.15, 0.2) is 0 Å². The number of H-pyrrole nitrogens is 1. The largest absolute Gasteiger partial charge is 0.468 e. The zero-order valence-corrected chi connectivity index (χ0v) is 9.39. The van der Waals surface area contributed by atoms with Gasteiger partial charge in [-0.15, -0.1) is 0 Å². The van der Waals surface area contributed by atoms with E-state index in [1.165, 1.54) is 0 Å². The molecule has 1 heterocycles. The summed E-state index contributed by atoms with van der Waals surface area (Å²) in [6, 6.07) is 0.395. The molecule has 0 aliphatic carbocycles. The van der Waals surface area contributed by atoms with Crippen molar-refractivity contribution in [3.05, 3.63) is 4.77 Å². The zero-order chi connectivity index (χ0) is 10.6. The summed E-state index contributed by atoms with van der Waals surface area (Å²) in [4.78, 5) is 13.0. The fourth-order valence-electron chi connectivity index (χ4n) is 1.12. The summed E-state index contributed by atoms with van der Waals surface area (Å²) in [5, 5.41) is 0. The van der Waals surface area contributed by atoms with Gasteiger partial charge in [-0.05, 0) is 26.1 Å². The number of anilines is 1. The van der Waals surface area contributed by atoms with E-state index in [4.69, 9.17) is 17.0 Å². The second-order valence-electron chi connectivity index (χ2n) is 2.64. The normalized spacial score (nSPS) is 9.93. The first kappa shape index (κ1) is 10.9. The second kappa shape index (κ2) is 4.90. The lowest BCUT2D eigenvalue weighted by molar-refractivity contribution is 0.377. The van der Waals surface area contributed by atoms with Crippen LogP contribution < -0.4 is 9.64 Å². The third-order valence-corrected chi connectivity index (χ3v) is 2.06. The number of methoxy groups -OCH3 is 1. The SMILES string of the molecule is CCN(CC)c1nc(=S)nc(OC)[nH]1. The number of aromatic amines is 1. The summed E-state index contributed by atoms with van der Waals surface area (Å²) in [5.74, 6) is 0.701. The maximum Gasteiger partial charge on any atom is 0.298 e. The lowest BCUT2D eigenvalue weighted by Gasteiger charge is -2.18. The van der Waals surface area contributed by atoms with Gasteiger partial charge in [0.2, 0.25) is 10.7 Å². The van der Waals surface area contributed by atoms with Gasteiger partial charge in [0.05, 0.1) is 7.11 Å². The van der Waals surface area contributed by atoms with Gasteiger partial charge in [0.25, 0.3) is 6.01 Å². The number of aromatic nitrogens is 3. The van der Waals surface area contributed by atoms with Crippen molar-refractivity contribution in [3.63, 3.8) is 0 Å². The first-order valence-electron chi connectivity index (χ1n) is 4.48. The van der Waals surface area contributed by atoms with Crippen molar-refractivity contribution in [3.8, 4) is 6.01 Å². The fourth-order valence-corrected chi connectivity index (χ4v) is 1.29. The lowest BCUT2D eigenvalue weighted by Crippen LogP contribution is -2.24. The molecule has 0 aliphatic heterocycles. The molecule has 0 saturated carbocycles. The standard InChI is InChI=1S/C8H14N4OS/c1-4-12(5-2)6-9-7(13-3)11-8(14)10-6/h4-5H2,1-3H3,(H,9,10,11,14). The molecular formula is C8H14N4OS. The van der Waals surface area contributed by atoms with Crippen LogP contribution in [0.5, 0.6) is 6.01 Å². The highest BCUT2D eigenvalue weighted by Gasteiger charge is 2.05. The van der Waals surface area contributed by atoms with E-state index < -0.39 is 0 Å². The Labute approximate surface area is 88.1 Å². The molecule has 0 amide bonds. The third-order valence-electron chi connectivity index (χ3n) is 1.87. The zero-order valence-electron chi connectivity index (χ0n) is 8.57. The molecule has 0 fully saturated rings. The van der Waals surface area contributed by atoms with Crippen LogP contribution in [-0.2, 0) is 0 Å². The van der Waals surface area contributed by atoms with E-state index in [2.05, 4.69) is 28.8 Å². The van der Waals surface area contributed by atoms with E-state index in [1.54, 1.807) is 7.11 Å². The van der Waals surface area contributed by atoms with Crippen LogP contribution in [0.25, 0.3) is 0 Å². The Hall–Kier alpha value is -1.17. The van der Waals surface area contributed by atoms with Crippen LogP contribution in [0.15, 0.2) is 0 Å². The quantitative estimate of drug-likeness (QED) is 0.768. The summed E-state index contributed by atoms with van der Waals surface area (Å²) in [6.07, 6.45) is 0. The summed E-state index contributed by atoms with van der Waals surface area (Å²) in [7, 11) is 1.54. The minimum absolute atomic E-state index is 0.294. The van der Waals surface area contributed by atoms with Crippen molar-refractivity contribution in [1.29, 1.82) is 0 Å². The molecule has 1 aromatic rings. The van der Waals surface area contributed by atoms with Crippen molar-refractivity contribution in [1.82, 2.24) is 15.0 Å². The van der Waals surface area contributed by atoms with Gasteiger partial charge in [-0.3, -0.25) is 4.98 Å². The Bertz CT molecular complexity index is 347. The molecule has 0 atom stereocenters. The number of hydrogen-bond acceptors (Lipinski definition) is 5. The van der Waals surface area contributed by atoms with Crippen molar-refractivity contribution < 1.29 is 4.74 Å². The first-order valence-corrected chi connectivity index (χ1v) is 4.89. The molecular weight excluding hydrogens is 200 g/mol. The van der Waals surface area contributed by atoms with Gasteiger partial charge in [-0.25, -0.2) is 0 Å². The number of nitrogens with zero attached hydrogens (tertiary/aromatic N) is 3. The van der Waals surface area contributed by atoms with Gasteiger partial charge < -0.3 is 9.64 Å². The average Bonchev–Trinajstić information content (AvgIpc) is 2.19. The Morgan fingerprint density at radius 2 is 2.00 bits per heavy atom. The van der Waals surface area contributed by atoms with Crippen LogP contribution in [0.4, 0.5) is 5.95 Å². The minimum atomic E-state index is 0.294. The predicted octanol–water partition coefficient (Wildman–Crippen LogP) is 1.39. The highest BCUT2D eigenvalue weighted by molar-refractivity contribution is 7.71. The van der Waals surface area contributed by atoms with Gasteiger partial charge >= 0.3 is 0 Å². The van der Waals surface area contributed by atoms with Crippen molar-refractivity contribution in [2.75, 3.05) is 25.1 Å². The molecule has 14 heavy (non-hydrogen) atoms. The van der Waals surface area contributed by atoms with E-state index >= 15 is 0 Å². The Kier molecular flexibility index (Phi) is 3.82. The topological polar surface area (TPSA) is 54.0 Å². The van der Waals surface area contributed by atoms with E-state index in [1.807, 2.05) is 4.90 Å². The van der Waals surface area contributed by atoms with E-state index in [0.717, 1.165) is 13.1 Å². The summed E-state index contributed by atoms with van der Waals surface area (Å²) in [6.45, 7) is 5.83. The molecule has 6 heteroatoms. The van der Waals surface area contributed by atoms with Crippen LogP contribution in [0.3, 0.4) is 0 Å². The Morgan fingerprint density at radius 1 is 1.36 bits per heavy atom. The molecule has 0 radical (unpaired) electrons. The molecule has 1 rings (SSSR count). The molecule has 0 bridgehead atoms. The number of ether oxygens (including phenoxy) is 1. The first-order chi connectivity index (χ1) is 6.71. The Morgan fingerprint density at radius 3 is 2.50 bits per heavy atom. The highest BCUT2D eigenvalue weighted by Crippen LogP contribution is 2.09. The third kappa shape index (κ3) is 2.41. The van der Waals surface area contributed by atoms with Crippen LogP contribution in [0.2, 0.25) is 0 Å². The predicted molar refractivity (Wildman–Crippen MR) is 57.3 cm³/mol. The van der Waals surface area contributed by atoms with Crippen LogP contribution >= 0.6 is 12.2 Å². The summed E-state index contributed by atoms with van der Waals surface area (Å²) in [5.41, 5.74) is 0. The Balaban J connectivity index is 3.07. The molecule has 1 aromatic heterocycles. The van der Waals surface area contributed by atoms with Crippen LogP contribution in [0.1, 0.15) is 13.8 Å². The maximum absolute atomic E-state index is 4.97. The van der Waals surface area contributed by atoms with Crippen molar-refractivity contribution in [2.45, 2.75) is 13.8 Å². The average molecular weight is 214 g/mol. The van der Waals surface area contributed by atoms with Gasteiger partial charge in [-0.2, -0.15) is 9.97 Å². The highest BCUT2D eigenvalue weighted by atomic mass is 32.1. The summed E-state index contributed by atoms with van der Waals surface area (Å²) >= 11 is 4.92. The molecule has 0 aromatic carbocycles. The van der Waals surface area contributed by atoms with Crippen molar-refractivity contribution in [2.24, 2.45) is 0 Å². The van der Waals surface area contributed by atoms with E-state index in [0.29, 0.717) is 16.7 Å². The van der Waals surface area contributed by atoms with Gasteiger partial charge in [0.1, 0.15) is 0 Å². The lowest BCUT2D eigenvalue weighted by atomic mass is 10.5. The van der Waals surface area contributed by atoms with Gasteiger partial charge in [-0.1, -0.05) is 0 Å². The summed E-state index contributed by atoms with van der Waals surface area (Å²) < 4.78 is 5.27. The maximum atomic E-state index is 4.97. The molecule has 0 spiro atoms. The van der Waals surface area contributed by atoms with Crippen LogP contribution in [-0.4, -0.2) is 35.2 Å². The molecule has 78 valence electrons. The minimum Gasteiger partial charge on any atom is -0.468 e. The number of hydrogen-bond donors (Lipinski definition) is 1. The van der Waals surface area contributed by atoms with E-state index in [9.17, 15) is 0 Å². The number of nitrogens with one attached hydrogen (secondary N) is 1. The molecule has 5 nitrogen and oxygen atoms in total. The molecule has 0 unspecified atom stereocenters. The fraction of sp³-hybridized carbons (Fsp3) is 0.625.